The summed E-state index contributed by atoms with van der Waals surface area (Å²) >= 11 is 5.88. The lowest BCUT2D eigenvalue weighted by Gasteiger charge is -2.10. The van der Waals surface area contributed by atoms with Crippen molar-refractivity contribution in [2.75, 3.05) is 5.32 Å². The number of pyridine rings is 1. The van der Waals surface area contributed by atoms with Gasteiger partial charge in [-0.3, -0.25) is 9.78 Å². The minimum atomic E-state index is -0.337. The first-order valence-corrected chi connectivity index (χ1v) is 5.67. The average molecular weight is 263 g/mol. The number of amides is 1. The topological polar surface area (TPSA) is 62.2 Å². The first-order valence-electron chi connectivity index (χ1n) is 5.29. The molecule has 4 nitrogen and oxygen atoms in total. The van der Waals surface area contributed by atoms with Crippen molar-refractivity contribution >= 4 is 23.2 Å². The SMILES string of the molecule is Cc1c(O)cccc1NC(=O)c1ccncc1Cl. The van der Waals surface area contributed by atoms with Crippen LogP contribution < -0.4 is 5.32 Å². The van der Waals surface area contributed by atoms with Gasteiger partial charge in [0.25, 0.3) is 5.91 Å². The number of carbonyl (C=O) groups is 1. The Bertz CT molecular complexity index is 599. The van der Waals surface area contributed by atoms with Gasteiger partial charge in [-0.25, -0.2) is 0 Å². The van der Waals surface area contributed by atoms with Gasteiger partial charge >= 0.3 is 0 Å². The third-order valence-corrected chi connectivity index (χ3v) is 2.87. The maximum Gasteiger partial charge on any atom is 0.257 e. The normalized spacial score (nSPS) is 10.1. The Morgan fingerprint density at radius 3 is 2.89 bits per heavy atom. The molecule has 0 spiro atoms. The van der Waals surface area contributed by atoms with Crippen molar-refractivity contribution in [3.05, 3.63) is 52.8 Å². The number of carbonyl (C=O) groups excluding carboxylic acids is 1. The molecule has 1 amide bonds. The van der Waals surface area contributed by atoms with E-state index in [1.807, 2.05) is 0 Å². The summed E-state index contributed by atoms with van der Waals surface area (Å²) in [6.07, 6.45) is 2.90. The second kappa shape index (κ2) is 5.06. The van der Waals surface area contributed by atoms with Crippen molar-refractivity contribution in [1.82, 2.24) is 4.98 Å². The molecule has 0 unspecified atom stereocenters. The fourth-order valence-corrected chi connectivity index (χ4v) is 1.71. The van der Waals surface area contributed by atoms with Gasteiger partial charge in [-0.05, 0) is 25.1 Å². The van der Waals surface area contributed by atoms with Crippen LogP contribution in [0.3, 0.4) is 0 Å². The minimum absolute atomic E-state index is 0.133. The minimum Gasteiger partial charge on any atom is -0.508 e. The smallest absolute Gasteiger partial charge is 0.257 e. The van der Waals surface area contributed by atoms with Gasteiger partial charge in [0.05, 0.1) is 10.6 Å². The van der Waals surface area contributed by atoms with Crippen molar-refractivity contribution in [2.45, 2.75) is 6.92 Å². The van der Waals surface area contributed by atoms with Gasteiger partial charge < -0.3 is 10.4 Å². The van der Waals surface area contributed by atoms with E-state index in [0.717, 1.165) is 0 Å². The summed E-state index contributed by atoms with van der Waals surface area (Å²) in [5.74, 6) is -0.204. The second-order valence-corrected chi connectivity index (χ2v) is 4.17. The molecule has 0 aliphatic rings. The van der Waals surface area contributed by atoms with Gasteiger partial charge in [0.1, 0.15) is 5.75 Å². The lowest BCUT2D eigenvalue weighted by Crippen LogP contribution is -2.13. The van der Waals surface area contributed by atoms with Crippen LogP contribution in [-0.2, 0) is 0 Å². The third-order valence-electron chi connectivity index (χ3n) is 2.57. The summed E-state index contributed by atoms with van der Waals surface area (Å²) in [7, 11) is 0. The molecule has 5 heteroatoms. The lowest BCUT2D eigenvalue weighted by atomic mass is 10.1. The summed E-state index contributed by atoms with van der Waals surface area (Å²) < 4.78 is 0. The quantitative estimate of drug-likeness (QED) is 0.875. The molecule has 2 rings (SSSR count). The maximum atomic E-state index is 12.0. The van der Waals surface area contributed by atoms with E-state index < -0.39 is 0 Å². The van der Waals surface area contributed by atoms with Gasteiger partial charge in [-0.2, -0.15) is 0 Å². The van der Waals surface area contributed by atoms with Crippen LogP contribution in [0, 0.1) is 6.92 Å². The molecule has 0 aliphatic carbocycles. The monoisotopic (exact) mass is 262 g/mol. The molecule has 18 heavy (non-hydrogen) atoms. The molecule has 1 aromatic heterocycles. The molecule has 0 saturated heterocycles. The summed E-state index contributed by atoms with van der Waals surface area (Å²) in [5.41, 5.74) is 1.50. The van der Waals surface area contributed by atoms with Crippen LogP contribution in [0.15, 0.2) is 36.7 Å². The van der Waals surface area contributed by atoms with Gasteiger partial charge in [0.15, 0.2) is 0 Å². The molecule has 0 bridgehead atoms. The van der Waals surface area contributed by atoms with Gasteiger partial charge in [0.2, 0.25) is 0 Å². The van der Waals surface area contributed by atoms with E-state index in [-0.39, 0.29) is 16.7 Å². The summed E-state index contributed by atoms with van der Waals surface area (Å²) in [6, 6.07) is 6.47. The molecule has 0 aliphatic heterocycles. The number of aromatic nitrogens is 1. The first kappa shape index (κ1) is 12.4. The number of rotatable bonds is 2. The fourth-order valence-electron chi connectivity index (χ4n) is 1.51. The van der Waals surface area contributed by atoms with Gasteiger partial charge in [-0.15, -0.1) is 0 Å². The zero-order valence-corrected chi connectivity index (χ0v) is 10.4. The van der Waals surface area contributed by atoms with Crippen LogP contribution >= 0.6 is 11.6 Å². The average Bonchev–Trinajstić information content (AvgIpc) is 2.35. The molecular weight excluding hydrogens is 252 g/mol. The number of hydrogen-bond acceptors (Lipinski definition) is 3. The van der Waals surface area contributed by atoms with Crippen molar-refractivity contribution < 1.29 is 9.90 Å². The van der Waals surface area contributed by atoms with Crippen molar-refractivity contribution in [3.63, 3.8) is 0 Å². The van der Waals surface area contributed by atoms with E-state index in [1.165, 1.54) is 18.5 Å². The Balaban J connectivity index is 2.27. The number of phenols is 1. The molecule has 0 fully saturated rings. The second-order valence-electron chi connectivity index (χ2n) is 3.76. The number of aromatic hydroxyl groups is 1. The van der Waals surface area contributed by atoms with E-state index in [0.29, 0.717) is 16.8 Å². The highest BCUT2D eigenvalue weighted by molar-refractivity contribution is 6.34. The summed E-state index contributed by atoms with van der Waals surface area (Å²) in [6.45, 7) is 1.72. The zero-order valence-electron chi connectivity index (χ0n) is 9.64. The van der Waals surface area contributed by atoms with Crippen LogP contribution in [0.1, 0.15) is 15.9 Å². The van der Waals surface area contributed by atoms with Crippen LogP contribution in [0.4, 0.5) is 5.69 Å². The fraction of sp³-hybridized carbons (Fsp3) is 0.0769. The van der Waals surface area contributed by atoms with E-state index in [1.54, 1.807) is 25.1 Å². The van der Waals surface area contributed by atoms with Crippen LogP contribution in [0.2, 0.25) is 5.02 Å². The molecular formula is C13H11ClN2O2. The number of nitrogens with one attached hydrogen (secondary N) is 1. The summed E-state index contributed by atoms with van der Waals surface area (Å²) in [5, 5.41) is 12.5. The van der Waals surface area contributed by atoms with Crippen LogP contribution in [0.5, 0.6) is 5.75 Å². The Morgan fingerprint density at radius 2 is 2.17 bits per heavy atom. The van der Waals surface area contributed by atoms with Crippen molar-refractivity contribution in [3.8, 4) is 5.75 Å². The molecule has 1 aromatic carbocycles. The predicted molar refractivity (Wildman–Crippen MR) is 70.0 cm³/mol. The number of nitrogens with zero attached hydrogens (tertiary/aromatic N) is 1. The largest absolute Gasteiger partial charge is 0.508 e. The number of benzene rings is 1. The Kier molecular flexibility index (Phi) is 3.48. The summed E-state index contributed by atoms with van der Waals surface area (Å²) in [4.78, 5) is 15.8. The van der Waals surface area contributed by atoms with E-state index in [9.17, 15) is 9.90 Å². The first-order chi connectivity index (χ1) is 8.59. The molecule has 1 heterocycles. The zero-order chi connectivity index (χ0) is 13.1. The van der Waals surface area contributed by atoms with Crippen molar-refractivity contribution in [1.29, 1.82) is 0 Å². The Morgan fingerprint density at radius 1 is 1.39 bits per heavy atom. The van der Waals surface area contributed by atoms with E-state index in [2.05, 4.69) is 10.3 Å². The Labute approximate surface area is 109 Å². The predicted octanol–water partition coefficient (Wildman–Crippen LogP) is 3.00. The van der Waals surface area contributed by atoms with E-state index >= 15 is 0 Å². The molecule has 0 saturated carbocycles. The van der Waals surface area contributed by atoms with Crippen molar-refractivity contribution in [2.24, 2.45) is 0 Å². The molecule has 0 radical (unpaired) electrons. The van der Waals surface area contributed by atoms with Gasteiger partial charge in [-0.1, -0.05) is 17.7 Å². The maximum absolute atomic E-state index is 12.0. The van der Waals surface area contributed by atoms with Crippen LogP contribution in [-0.4, -0.2) is 16.0 Å². The molecule has 92 valence electrons. The number of halogens is 1. The number of anilines is 1. The Hall–Kier alpha value is -2.07. The van der Waals surface area contributed by atoms with E-state index in [4.69, 9.17) is 11.6 Å². The molecule has 2 N–H and O–H groups in total. The molecule has 0 atom stereocenters. The van der Waals surface area contributed by atoms with Gasteiger partial charge in [0, 0.05) is 23.6 Å². The molecule has 2 aromatic rings. The number of phenolic OH excluding ortho intramolecular Hbond substituents is 1. The highest BCUT2D eigenvalue weighted by Gasteiger charge is 2.12. The standard InChI is InChI=1S/C13H11ClN2O2/c1-8-11(3-2-4-12(8)17)16-13(18)9-5-6-15-7-10(9)14/h2-7,17H,1H3,(H,16,18). The number of hydrogen-bond donors (Lipinski definition) is 2. The highest BCUT2D eigenvalue weighted by Crippen LogP contribution is 2.25. The lowest BCUT2D eigenvalue weighted by molar-refractivity contribution is 0.102. The third kappa shape index (κ3) is 2.43. The highest BCUT2D eigenvalue weighted by atomic mass is 35.5. The van der Waals surface area contributed by atoms with Crippen LogP contribution in [0.25, 0.3) is 0 Å².